The standard InChI is InChI=1S/C15H16ClNO2/c1-2-3-4-5-6-10-17-12-9-7-8-11(16)13(12)14(18)15(17)19/h2,7-9H,1,3-6,10H2. The van der Waals surface area contributed by atoms with Crippen molar-refractivity contribution in [2.75, 3.05) is 11.4 Å². The Labute approximate surface area is 117 Å². The monoisotopic (exact) mass is 277 g/mol. The van der Waals surface area contributed by atoms with Crippen LogP contribution in [0.1, 0.15) is 36.0 Å². The SMILES string of the molecule is C=CCCCCCN1C(=O)C(=O)c2c(Cl)cccc21. The first-order valence-corrected chi connectivity index (χ1v) is 6.80. The number of allylic oxidation sites excluding steroid dienone is 1. The van der Waals surface area contributed by atoms with Crippen LogP contribution in [0, 0.1) is 0 Å². The van der Waals surface area contributed by atoms with Crippen LogP contribution in [-0.2, 0) is 4.79 Å². The van der Waals surface area contributed by atoms with Crippen molar-refractivity contribution in [3.63, 3.8) is 0 Å². The molecule has 0 aromatic heterocycles. The molecule has 1 aliphatic heterocycles. The molecule has 1 aromatic rings. The van der Waals surface area contributed by atoms with Crippen molar-refractivity contribution in [2.24, 2.45) is 0 Å². The second-order valence-electron chi connectivity index (χ2n) is 4.56. The van der Waals surface area contributed by atoms with Crippen LogP contribution in [-0.4, -0.2) is 18.2 Å². The quantitative estimate of drug-likeness (QED) is 0.452. The lowest BCUT2D eigenvalue weighted by atomic mass is 10.1. The van der Waals surface area contributed by atoms with Crippen LogP contribution < -0.4 is 4.90 Å². The number of amides is 1. The van der Waals surface area contributed by atoms with E-state index < -0.39 is 11.7 Å². The number of nitrogens with zero attached hydrogens (tertiary/aromatic N) is 1. The number of hydrogen-bond acceptors (Lipinski definition) is 2. The molecule has 0 radical (unpaired) electrons. The van der Waals surface area contributed by atoms with Crippen LogP contribution in [0.3, 0.4) is 0 Å². The minimum absolute atomic E-state index is 0.347. The van der Waals surface area contributed by atoms with Crippen LogP contribution in [0.5, 0.6) is 0 Å². The van der Waals surface area contributed by atoms with Gasteiger partial charge in [0.05, 0.1) is 16.3 Å². The lowest BCUT2D eigenvalue weighted by molar-refractivity contribution is -0.114. The van der Waals surface area contributed by atoms with Crippen LogP contribution in [0.25, 0.3) is 0 Å². The van der Waals surface area contributed by atoms with Gasteiger partial charge in [-0.25, -0.2) is 0 Å². The molecule has 0 unspecified atom stereocenters. The first-order valence-electron chi connectivity index (χ1n) is 6.42. The van der Waals surface area contributed by atoms with E-state index in [1.807, 2.05) is 6.08 Å². The molecule has 1 amide bonds. The second-order valence-corrected chi connectivity index (χ2v) is 4.97. The van der Waals surface area contributed by atoms with Gasteiger partial charge in [0, 0.05) is 6.54 Å². The predicted molar refractivity (Wildman–Crippen MR) is 76.8 cm³/mol. The summed E-state index contributed by atoms with van der Waals surface area (Å²) in [5.74, 6) is -0.960. The van der Waals surface area contributed by atoms with Crippen LogP contribution >= 0.6 is 11.6 Å². The number of fused-ring (bicyclic) bond motifs is 1. The average Bonchev–Trinajstić information content (AvgIpc) is 2.64. The summed E-state index contributed by atoms with van der Waals surface area (Å²) in [7, 11) is 0. The van der Waals surface area contributed by atoms with Gasteiger partial charge in [-0.2, -0.15) is 0 Å². The number of halogens is 1. The van der Waals surface area contributed by atoms with Crippen molar-refractivity contribution in [1.29, 1.82) is 0 Å². The molecular weight excluding hydrogens is 262 g/mol. The zero-order valence-electron chi connectivity index (χ0n) is 10.7. The smallest absolute Gasteiger partial charge is 0.299 e. The molecule has 0 N–H and O–H groups in total. The number of rotatable bonds is 6. The number of Topliss-reactive ketones (excluding diaryl/α,β-unsaturated/α-hetero) is 1. The van der Waals surface area contributed by atoms with Crippen LogP contribution in [0.4, 0.5) is 5.69 Å². The first-order chi connectivity index (χ1) is 9.16. The van der Waals surface area contributed by atoms with Gasteiger partial charge >= 0.3 is 0 Å². The van der Waals surface area contributed by atoms with Crippen molar-refractivity contribution in [3.05, 3.63) is 41.4 Å². The summed E-state index contributed by atoms with van der Waals surface area (Å²) >= 11 is 5.99. The summed E-state index contributed by atoms with van der Waals surface area (Å²) < 4.78 is 0. The van der Waals surface area contributed by atoms with E-state index in [0.717, 1.165) is 25.7 Å². The summed E-state index contributed by atoms with van der Waals surface area (Å²) in [6, 6.07) is 5.17. The van der Waals surface area contributed by atoms with Gasteiger partial charge in [-0.15, -0.1) is 6.58 Å². The first kappa shape index (κ1) is 13.8. The molecule has 0 saturated heterocycles. The second kappa shape index (κ2) is 6.02. The number of hydrogen-bond donors (Lipinski definition) is 0. The zero-order chi connectivity index (χ0) is 13.8. The fourth-order valence-electron chi connectivity index (χ4n) is 2.26. The third-order valence-corrected chi connectivity index (χ3v) is 3.55. The Hall–Kier alpha value is -1.61. The maximum absolute atomic E-state index is 11.9. The zero-order valence-corrected chi connectivity index (χ0v) is 11.4. The van der Waals surface area contributed by atoms with Crippen molar-refractivity contribution in [3.8, 4) is 0 Å². The van der Waals surface area contributed by atoms with Gasteiger partial charge in [0.15, 0.2) is 0 Å². The molecule has 3 nitrogen and oxygen atoms in total. The van der Waals surface area contributed by atoms with Crippen molar-refractivity contribution in [1.82, 2.24) is 0 Å². The fourth-order valence-corrected chi connectivity index (χ4v) is 2.51. The van der Waals surface area contributed by atoms with Gasteiger partial charge in [0.2, 0.25) is 0 Å². The Kier molecular flexibility index (Phi) is 4.38. The van der Waals surface area contributed by atoms with Gasteiger partial charge in [-0.05, 0) is 31.4 Å². The Bertz CT molecular complexity index is 525. The van der Waals surface area contributed by atoms with Gasteiger partial charge in [0.1, 0.15) is 0 Å². The van der Waals surface area contributed by atoms with Crippen molar-refractivity contribution < 1.29 is 9.59 Å². The van der Waals surface area contributed by atoms with E-state index in [1.54, 1.807) is 18.2 Å². The number of carbonyl (C=O) groups is 2. The maximum Gasteiger partial charge on any atom is 0.299 e. The lowest BCUT2D eigenvalue weighted by Crippen LogP contribution is -2.30. The summed E-state index contributed by atoms with van der Waals surface area (Å²) in [5.41, 5.74) is 0.992. The number of unbranched alkanes of at least 4 members (excludes halogenated alkanes) is 3. The molecule has 0 aliphatic carbocycles. The topological polar surface area (TPSA) is 37.4 Å². The Morgan fingerprint density at radius 1 is 1.21 bits per heavy atom. The number of ketones is 1. The third-order valence-electron chi connectivity index (χ3n) is 3.24. The molecule has 0 spiro atoms. The number of benzene rings is 1. The highest BCUT2D eigenvalue weighted by molar-refractivity contribution is 6.55. The van der Waals surface area contributed by atoms with E-state index >= 15 is 0 Å². The van der Waals surface area contributed by atoms with E-state index in [0.29, 0.717) is 22.8 Å². The summed E-state index contributed by atoms with van der Waals surface area (Å²) in [6.45, 7) is 4.24. The van der Waals surface area contributed by atoms with Crippen molar-refractivity contribution in [2.45, 2.75) is 25.7 Å². The third kappa shape index (κ3) is 2.71. The summed E-state index contributed by atoms with van der Waals surface area (Å²) in [5, 5.41) is 0.352. The number of anilines is 1. The summed E-state index contributed by atoms with van der Waals surface area (Å²) in [6.07, 6.45) is 5.81. The van der Waals surface area contributed by atoms with E-state index in [4.69, 9.17) is 11.6 Å². The summed E-state index contributed by atoms with van der Waals surface area (Å²) in [4.78, 5) is 25.3. The van der Waals surface area contributed by atoms with Crippen LogP contribution in [0.2, 0.25) is 5.02 Å². The molecule has 1 aliphatic rings. The average molecular weight is 278 g/mol. The Morgan fingerprint density at radius 2 is 2.00 bits per heavy atom. The van der Waals surface area contributed by atoms with E-state index in [9.17, 15) is 9.59 Å². The van der Waals surface area contributed by atoms with Gasteiger partial charge in [-0.3, -0.25) is 9.59 Å². The molecule has 0 bridgehead atoms. The van der Waals surface area contributed by atoms with E-state index in [-0.39, 0.29) is 0 Å². The lowest BCUT2D eigenvalue weighted by Gasteiger charge is -2.16. The normalized spacial score (nSPS) is 13.8. The highest BCUT2D eigenvalue weighted by Gasteiger charge is 2.36. The predicted octanol–water partition coefficient (Wildman–Crippen LogP) is 3.62. The maximum atomic E-state index is 11.9. The highest BCUT2D eigenvalue weighted by Crippen LogP contribution is 2.34. The molecule has 2 rings (SSSR count). The molecule has 0 atom stereocenters. The van der Waals surface area contributed by atoms with Crippen molar-refractivity contribution >= 4 is 29.0 Å². The Balaban J connectivity index is 2.07. The largest absolute Gasteiger partial charge is 0.305 e. The minimum Gasteiger partial charge on any atom is -0.305 e. The molecular formula is C15H16ClNO2. The van der Waals surface area contributed by atoms with E-state index in [1.165, 1.54) is 4.90 Å². The van der Waals surface area contributed by atoms with E-state index in [2.05, 4.69) is 6.58 Å². The number of carbonyl (C=O) groups excluding carboxylic acids is 2. The molecule has 100 valence electrons. The molecule has 0 saturated carbocycles. The highest BCUT2D eigenvalue weighted by atomic mass is 35.5. The van der Waals surface area contributed by atoms with Gasteiger partial charge in [0.25, 0.3) is 11.7 Å². The molecule has 1 aromatic carbocycles. The van der Waals surface area contributed by atoms with Crippen LogP contribution in [0.15, 0.2) is 30.9 Å². The Morgan fingerprint density at radius 3 is 2.74 bits per heavy atom. The fraction of sp³-hybridized carbons (Fsp3) is 0.333. The molecule has 19 heavy (non-hydrogen) atoms. The van der Waals surface area contributed by atoms with Gasteiger partial charge < -0.3 is 4.90 Å². The molecule has 0 fully saturated rings. The minimum atomic E-state index is -0.494. The molecule has 4 heteroatoms. The van der Waals surface area contributed by atoms with Gasteiger partial charge in [-0.1, -0.05) is 30.2 Å². The molecule has 1 heterocycles.